The van der Waals surface area contributed by atoms with Crippen molar-refractivity contribution in [3.05, 3.63) is 53.0 Å². The number of benzene rings is 1. The highest BCUT2D eigenvalue weighted by molar-refractivity contribution is 7.17. The smallest absolute Gasteiger partial charge is 0.263 e. The monoisotopic (exact) mass is 388 g/mol. The summed E-state index contributed by atoms with van der Waals surface area (Å²) in [5.41, 5.74) is 1.54. The number of thiazole rings is 1. The molecule has 6 nitrogen and oxygen atoms in total. The molecule has 1 N–H and O–H groups in total. The molecule has 1 atom stereocenters. The number of para-hydroxylation sites is 1. The second-order valence-corrected chi connectivity index (χ2v) is 7.12. The maximum Gasteiger partial charge on any atom is 0.263 e. The number of nitrogens with zero attached hydrogens (tertiary/aromatic N) is 3. The number of aromatic nitrogens is 3. The van der Waals surface area contributed by atoms with Gasteiger partial charge < -0.3 is 10.1 Å². The highest BCUT2D eigenvalue weighted by Crippen LogP contribution is 2.27. The first kappa shape index (κ1) is 19.0. The SMILES string of the molecule is CC[C@@H](CNC(=O)c1sc(-c2cnn(C)c2)nc1C)Oc1ccccc1F. The van der Waals surface area contributed by atoms with E-state index in [1.807, 2.05) is 20.2 Å². The lowest BCUT2D eigenvalue weighted by Crippen LogP contribution is -2.35. The van der Waals surface area contributed by atoms with Crippen LogP contribution >= 0.6 is 11.3 Å². The van der Waals surface area contributed by atoms with Crippen LogP contribution in [0.2, 0.25) is 0 Å². The first-order valence-corrected chi connectivity index (χ1v) is 9.45. The fourth-order valence-electron chi connectivity index (χ4n) is 2.54. The molecule has 0 saturated carbocycles. The Labute approximate surface area is 161 Å². The summed E-state index contributed by atoms with van der Waals surface area (Å²) in [4.78, 5) is 17.6. The third-order valence-corrected chi connectivity index (χ3v) is 5.24. The van der Waals surface area contributed by atoms with Crippen molar-refractivity contribution in [1.82, 2.24) is 20.1 Å². The van der Waals surface area contributed by atoms with E-state index in [2.05, 4.69) is 15.4 Å². The zero-order valence-electron chi connectivity index (χ0n) is 15.4. The van der Waals surface area contributed by atoms with Crippen LogP contribution in [0.3, 0.4) is 0 Å². The van der Waals surface area contributed by atoms with Gasteiger partial charge in [0.25, 0.3) is 5.91 Å². The maximum absolute atomic E-state index is 13.7. The minimum absolute atomic E-state index is 0.187. The van der Waals surface area contributed by atoms with Gasteiger partial charge in [0.15, 0.2) is 11.6 Å². The van der Waals surface area contributed by atoms with Crippen molar-refractivity contribution in [3.63, 3.8) is 0 Å². The third-order valence-electron chi connectivity index (χ3n) is 4.03. The largest absolute Gasteiger partial charge is 0.486 e. The Bertz CT molecular complexity index is 937. The van der Waals surface area contributed by atoms with E-state index in [1.54, 1.807) is 36.0 Å². The summed E-state index contributed by atoms with van der Waals surface area (Å²) in [5.74, 6) is -0.441. The molecule has 3 aromatic rings. The Hall–Kier alpha value is -2.74. The van der Waals surface area contributed by atoms with Crippen LogP contribution in [0.5, 0.6) is 5.75 Å². The van der Waals surface area contributed by atoms with Gasteiger partial charge in [-0.25, -0.2) is 9.37 Å². The highest BCUT2D eigenvalue weighted by atomic mass is 32.1. The van der Waals surface area contributed by atoms with Crippen molar-refractivity contribution >= 4 is 17.2 Å². The molecule has 0 aliphatic heterocycles. The topological polar surface area (TPSA) is 69.0 Å². The molecule has 2 heterocycles. The number of hydrogen-bond acceptors (Lipinski definition) is 5. The maximum atomic E-state index is 13.7. The first-order chi connectivity index (χ1) is 13.0. The van der Waals surface area contributed by atoms with Crippen LogP contribution in [0.1, 0.15) is 28.7 Å². The molecular formula is C19H21FN4O2S. The van der Waals surface area contributed by atoms with Gasteiger partial charge in [-0.15, -0.1) is 11.3 Å². The molecule has 0 aliphatic rings. The van der Waals surface area contributed by atoms with Gasteiger partial charge in [0.1, 0.15) is 16.0 Å². The van der Waals surface area contributed by atoms with Gasteiger partial charge in [0, 0.05) is 18.8 Å². The predicted octanol–water partition coefficient (Wildman–Crippen LogP) is 3.58. The molecule has 27 heavy (non-hydrogen) atoms. The minimum Gasteiger partial charge on any atom is -0.486 e. The van der Waals surface area contributed by atoms with Crippen LogP contribution in [0.25, 0.3) is 10.6 Å². The molecular weight excluding hydrogens is 367 g/mol. The van der Waals surface area contributed by atoms with Crippen molar-refractivity contribution in [1.29, 1.82) is 0 Å². The number of rotatable bonds is 7. The van der Waals surface area contributed by atoms with E-state index >= 15 is 0 Å². The lowest BCUT2D eigenvalue weighted by Gasteiger charge is -2.18. The van der Waals surface area contributed by atoms with Gasteiger partial charge >= 0.3 is 0 Å². The summed E-state index contributed by atoms with van der Waals surface area (Å²) in [7, 11) is 1.83. The van der Waals surface area contributed by atoms with Crippen LogP contribution < -0.4 is 10.1 Å². The average Bonchev–Trinajstić information content (AvgIpc) is 3.25. The molecule has 0 unspecified atom stereocenters. The van der Waals surface area contributed by atoms with Crippen LogP contribution in [0, 0.1) is 12.7 Å². The predicted molar refractivity (Wildman–Crippen MR) is 102 cm³/mol. The van der Waals surface area contributed by atoms with E-state index in [0.717, 1.165) is 10.6 Å². The van der Waals surface area contributed by atoms with E-state index in [4.69, 9.17) is 4.74 Å². The standard InChI is InChI=1S/C19H21FN4O2S/c1-4-14(26-16-8-6-5-7-15(16)20)10-21-18(25)17-12(2)23-19(27-17)13-9-22-24(3)11-13/h5-9,11,14H,4,10H2,1-3H3,(H,21,25)/t14-/m0/s1. The Kier molecular flexibility index (Phi) is 5.85. The van der Waals surface area contributed by atoms with Crippen LogP contribution in [-0.2, 0) is 7.05 Å². The van der Waals surface area contributed by atoms with Crippen molar-refractivity contribution in [2.75, 3.05) is 6.54 Å². The van der Waals surface area contributed by atoms with Crippen molar-refractivity contribution < 1.29 is 13.9 Å². The Balaban J connectivity index is 1.64. The summed E-state index contributed by atoms with van der Waals surface area (Å²) in [5, 5.41) is 7.74. The van der Waals surface area contributed by atoms with Crippen molar-refractivity contribution in [3.8, 4) is 16.3 Å². The van der Waals surface area contributed by atoms with Gasteiger partial charge in [-0.2, -0.15) is 5.10 Å². The summed E-state index contributed by atoms with van der Waals surface area (Å²) < 4.78 is 21.1. The molecule has 1 aromatic carbocycles. The molecule has 2 aromatic heterocycles. The van der Waals surface area contributed by atoms with Crippen LogP contribution in [0.4, 0.5) is 4.39 Å². The molecule has 0 spiro atoms. The van der Waals surface area contributed by atoms with E-state index in [-0.39, 0.29) is 24.3 Å². The number of hydrogen-bond donors (Lipinski definition) is 1. The van der Waals surface area contributed by atoms with E-state index in [9.17, 15) is 9.18 Å². The number of amides is 1. The Morgan fingerprint density at radius 2 is 2.19 bits per heavy atom. The average molecular weight is 388 g/mol. The fraction of sp³-hybridized carbons (Fsp3) is 0.316. The summed E-state index contributed by atoms with van der Waals surface area (Å²) in [6, 6.07) is 6.25. The van der Waals surface area contributed by atoms with Crippen LogP contribution in [0.15, 0.2) is 36.7 Å². The zero-order chi connectivity index (χ0) is 19.4. The number of carbonyl (C=O) groups is 1. The molecule has 8 heteroatoms. The Morgan fingerprint density at radius 3 is 2.85 bits per heavy atom. The molecule has 0 bridgehead atoms. The minimum atomic E-state index is -0.415. The highest BCUT2D eigenvalue weighted by Gasteiger charge is 2.19. The third kappa shape index (κ3) is 4.51. The molecule has 0 aliphatic carbocycles. The molecule has 1 amide bonds. The van der Waals surface area contributed by atoms with Crippen molar-refractivity contribution in [2.24, 2.45) is 7.05 Å². The Morgan fingerprint density at radius 1 is 1.41 bits per heavy atom. The van der Waals surface area contributed by atoms with Gasteiger partial charge in [-0.1, -0.05) is 19.1 Å². The number of nitrogens with one attached hydrogen (secondary N) is 1. The van der Waals surface area contributed by atoms with E-state index in [0.29, 0.717) is 17.0 Å². The lowest BCUT2D eigenvalue weighted by molar-refractivity contribution is 0.0927. The lowest BCUT2D eigenvalue weighted by atomic mass is 10.2. The second-order valence-electron chi connectivity index (χ2n) is 6.12. The molecule has 0 fully saturated rings. The molecule has 142 valence electrons. The summed E-state index contributed by atoms with van der Waals surface area (Å²) >= 11 is 1.32. The first-order valence-electron chi connectivity index (χ1n) is 8.63. The van der Waals surface area contributed by atoms with E-state index < -0.39 is 5.82 Å². The number of carbonyl (C=O) groups excluding carboxylic acids is 1. The summed E-state index contributed by atoms with van der Waals surface area (Å²) in [6.07, 6.45) is 3.89. The van der Waals surface area contributed by atoms with Gasteiger partial charge in [-0.3, -0.25) is 9.48 Å². The normalized spacial score (nSPS) is 12.0. The van der Waals surface area contributed by atoms with Gasteiger partial charge in [-0.05, 0) is 25.5 Å². The second kappa shape index (κ2) is 8.30. The summed E-state index contributed by atoms with van der Waals surface area (Å²) in [6.45, 7) is 4.01. The number of halogens is 1. The molecule has 0 radical (unpaired) electrons. The number of ether oxygens (including phenoxy) is 1. The van der Waals surface area contributed by atoms with E-state index in [1.165, 1.54) is 17.4 Å². The molecule has 3 rings (SSSR count). The zero-order valence-corrected chi connectivity index (χ0v) is 16.2. The van der Waals surface area contributed by atoms with Gasteiger partial charge in [0.2, 0.25) is 0 Å². The number of aryl methyl sites for hydroxylation is 2. The van der Waals surface area contributed by atoms with Crippen molar-refractivity contribution in [2.45, 2.75) is 26.4 Å². The molecule has 0 saturated heterocycles. The van der Waals surface area contributed by atoms with Crippen LogP contribution in [-0.4, -0.2) is 33.3 Å². The quantitative estimate of drug-likeness (QED) is 0.672. The fourth-order valence-corrected chi connectivity index (χ4v) is 3.50. The van der Waals surface area contributed by atoms with Gasteiger partial charge in [0.05, 0.1) is 18.4 Å².